The van der Waals surface area contributed by atoms with Crippen LogP contribution in [-0.2, 0) is 38.0 Å². The van der Waals surface area contributed by atoms with Gasteiger partial charge >= 0.3 is 0 Å². The van der Waals surface area contributed by atoms with E-state index in [1.165, 1.54) is 13.8 Å². The Morgan fingerprint density at radius 2 is 1.23 bits per heavy atom. The fourth-order valence-corrected chi connectivity index (χ4v) is 6.44. The molecule has 3 rings (SSSR count). The second kappa shape index (κ2) is 19.2. The summed E-state index contributed by atoms with van der Waals surface area (Å²) in [4.78, 5) is 24.0. The molecule has 0 saturated carbocycles. The summed E-state index contributed by atoms with van der Waals surface area (Å²) in [6, 6.07) is -2.62. The molecule has 19 atom stereocenters. The SMILES string of the molecule is CC(=O)NC1C(O)[C@H](O[C@H](O)C(C)(O)C(O[C@H]2OC(CO)[C@@H](O)C(O)C2O)[C@H](O)CCO)C(CO)O[C@H]1O[C@@H]1C(CO)O[C@@H](C)C(NC(C)=O)C1O. The van der Waals surface area contributed by atoms with Gasteiger partial charge in [0.25, 0.3) is 0 Å². The number of aliphatic hydroxyl groups excluding tert-OH is 11. The highest BCUT2D eigenvalue weighted by atomic mass is 16.7. The Kier molecular flexibility index (Phi) is 16.5. The summed E-state index contributed by atoms with van der Waals surface area (Å²) in [6.45, 7) is 1.56. The molecule has 0 aliphatic carbocycles. The summed E-state index contributed by atoms with van der Waals surface area (Å²) in [7, 11) is 0. The highest BCUT2D eigenvalue weighted by molar-refractivity contribution is 5.73. The van der Waals surface area contributed by atoms with E-state index in [0.29, 0.717) is 0 Å². The third kappa shape index (κ3) is 10.1. The van der Waals surface area contributed by atoms with E-state index in [1.54, 1.807) is 0 Å². The lowest BCUT2D eigenvalue weighted by Crippen LogP contribution is -2.70. The smallest absolute Gasteiger partial charge is 0.217 e. The molecule has 0 radical (unpaired) electrons. The molecule has 52 heavy (non-hydrogen) atoms. The van der Waals surface area contributed by atoms with Crippen LogP contribution in [0.4, 0.5) is 0 Å². The minimum atomic E-state index is -2.75. The molecule has 22 nitrogen and oxygen atoms in total. The van der Waals surface area contributed by atoms with Gasteiger partial charge in [0.1, 0.15) is 78.8 Å². The molecule has 0 spiro atoms. The Hall–Kier alpha value is -1.78. The van der Waals surface area contributed by atoms with Gasteiger partial charge in [0.2, 0.25) is 11.8 Å². The molecule has 0 aromatic heterocycles. The molecule has 3 aliphatic heterocycles. The molecule has 14 N–H and O–H groups in total. The molecule has 3 heterocycles. The van der Waals surface area contributed by atoms with Gasteiger partial charge in [-0.15, -0.1) is 0 Å². The Balaban J connectivity index is 1.89. The molecule has 0 bridgehead atoms. The van der Waals surface area contributed by atoms with Crippen molar-refractivity contribution in [2.45, 2.75) is 150 Å². The maximum atomic E-state index is 12.2. The topological polar surface area (TPSA) is 356 Å². The maximum absolute atomic E-state index is 12.2. The van der Waals surface area contributed by atoms with Crippen molar-refractivity contribution in [3.63, 3.8) is 0 Å². The molecule has 3 aliphatic rings. The fraction of sp³-hybridized carbons (Fsp3) is 0.933. The lowest BCUT2D eigenvalue weighted by atomic mass is 9.90. The van der Waals surface area contributed by atoms with Crippen LogP contribution < -0.4 is 10.6 Å². The van der Waals surface area contributed by atoms with E-state index in [2.05, 4.69) is 10.6 Å². The predicted molar refractivity (Wildman–Crippen MR) is 167 cm³/mol. The van der Waals surface area contributed by atoms with Crippen molar-refractivity contribution >= 4 is 11.8 Å². The van der Waals surface area contributed by atoms with Gasteiger partial charge in [-0.1, -0.05) is 0 Å². The van der Waals surface area contributed by atoms with E-state index in [4.69, 9.17) is 28.4 Å². The summed E-state index contributed by atoms with van der Waals surface area (Å²) in [5.74, 6) is -1.25. The van der Waals surface area contributed by atoms with Crippen LogP contribution in [0.3, 0.4) is 0 Å². The van der Waals surface area contributed by atoms with Crippen molar-refractivity contribution < 1.29 is 99.3 Å². The Labute approximate surface area is 298 Å². The molecule has 2 amide bonds. The Morgan fingerprint density at radius 3 is 1.77 bits per heavy atom. The summed E-state index contributed by atoms with van der Waals surface area (Å²) >= 11 is 0. The zero-order chi connectivity index (χ0) is 39.2. The Morgan fingerprint density at radius 1 is 0.712 bits per heavy atom. The van der Waals surface area contributed by atoms with Crippen LogP contribution in [0.25, 0.3) is 0 Å². The summed E-state index contributed by atoms with van der Waals surface area (Å²) in [5, 5.41) is 131. The van der Waals surface area contributed by atoms with Gasteiger partial charge in [-0.3, -0.25) is 9.59 Å². The van der Waals surface area contributed by atoms with E-state index < -0.39 is 161 Å². The highest BCUT2D eigenvalue weighted by Crippen LogP contribution is 2.34. The van der Waals surface area contributed by atoms with Crippen molar-refractivity contribution in [2.24, 2.45) is 0 Å². The van der Waals surface area contributed by atoms with E-state index >= 15 is 0 Å². The zero-order valence-corrected chi connectivity index (χ0v) is 29.1. The highest BCUT2D eigenvalue weighted by Gasteiger charge is 2.55. The van der Waals surface area contributed by atoms with Crippen molar-refractivity contribution in [3.8, 4) is 0 Å². The largest absolute Gasteiger partial charge is 0.396 e. The second-order valence-electron chi connectivity index (χ2n) is 13.3. The van der Waals surface area contributed by atoms with Crippen LogP contribution in [0.2, 0.25) is 0 Å². The van der Waals surface area contributed by atoms with Gasteiger partial charge in [0.15, 0.2) is 18.9 Å². The van der Waals surface area contributed by atoms with Crippen LogP contribution in [0.15, 0.2) is 0 Å². The van der Waals surface area contributed by atoms with E-state index in [1.807, 2.05) is 0 Å². The first-order valence-electron chi connectivity index (χ1n) is 16.7. The molecule has 3 fully saturated rings. The van der Waals surface area contributed by atoms with E-state index in [9.17, 15) is 70.9 Å². The molecule has 3 saturated heterocycles. The average Bonchev–Trinajstić information content (AvgIpc) is 3.08. The molecular formula is C30H54N2O20. The maximum Gasteiger partial charge on any atom is 0.217 e. The number of carbonyl (C=O) groups excluding carboxylic acids is 2. The number of nitrogens with one attached hydrogen (secondary N) is 2. The van der Waals surface area contributed by atoms with Gasteiger partial charge in [-0.25, -0.2) is 0 Å². The van der Waals surface area contributed by atoms with E-state index in [0.717, 1.165) is 13.8 Å². The molecule has 304 valence electrons. The standard InChI is InChI=1S/C30H54N2O20/c1-10-17(31-11(2)37)20(41)24(15(8-35)47-10)50-27-18(32-12(3)38)21(42)25(16(9-36)49-27)51-29(45)30(4,46)26(13(39)5-6-33)52-28-23(44)22(43)19(40)14(7-34)48-28/h10,13-29,33-36,39-46H,5-9H2,1-4H3,(H,31,37)(H,32,38)/t10-,13+,14?,15?,16?,17?,18?,19+,20?,21?,22?,23?,24+,25+,26?,27-,28+,29-,30?/m0/s1. The third-order valence-electron chi connectivity index (χ3n) is 9.30. The normalized spacial score (nSPS) is 41.3. The first kappa shape index (κ1) is 44.6. The fourth-order valence-electron chi connectivity index (χ4n) is 6.44. The van der Waals surface area contributed by atoms with Gasteiger partial charge in [-0.2, -0.15) is 0 Å². The van der Waals surface area contributed by atoms with Crippen molar-refractivity contribution in [3.05, 3.63) is 0 Å². The third-order valence-corrected chi connectivity index (χ3v) is 9.30. The van der Waals surface area contributed by atoms with Gasteiger partial charge in [0, 0.05) is 20.5 Å². The van der Waals surface area contributed by atoms with Crippen molar-refractivity contribution in [2.75, 3.05) is 26.4 Å². The quantitative estimate of drug-likeness (QED) is 0.0649. The van der Waals surface area contributed by atoms with Crippen LogP contribution in [0, 0.1) is 0 Å². The minimum absolute atomic E-state index is 0.490. The number of amides is 2. The lowest BCUT2D eigenvalue weighted by molar-refractivity contribution is -0.363. The summed E-state index contributed by atoms with van der Waals surface area (Å²) in [6.07, 6.45) is -27.9. The minimum Gasteiger partial charge on any atom is -0.396 e. The Bertz CT molecular complexity index is 1140. The number of ether oxygens (including phenoxy) is 6. The number of aliphatic hydroxyl groups is 12. The molecule has 0 aromatic carbocycles. The predicted octanol–water partition coefficient (Wildman–Crippen LogP) is -8.02. The molecule has 11 unspecified atom stereocenters. The monoisotopic (exact) mass is 762 g/mol. The lowest BCUT2D eigenvalue weighted by Gasteiger charge is -2.49. The number of carbonyl (C=O) groups is 2. The van der Waals surface area contributed by atoms with Gasteiger partial charge in [-0.05, 0) is 20.3 Å². The van der Waals surface area contributed by atoms with Gasteiger partial charge in [0.05, 0.1) is 38.1 Å². The van der Waals surface area contributed by atoms with Crippen LogP contribution >= 0.6 is 0 Å². The summed E-state index contributed by atoms with van der Waals surface area (Å²) in [5.41, 5.74) is -2.75. The number of rotatable bonds is 16. The summed E-state index contributed by atoms with van der Waals surface area (Å²) < 4.78 is 33.9. The van der Waals surface area contributed by atoms with Crippen LogP contribution in [0.1, 0.15) is 34.1 Å². The average molecular weight is 763 g/mol. The van der Waals surface area contributed by atoms with Crippen LogP contribution in [-0.4, -0.2) is 215 Å². The zero-order valence-electron chi connectivity index (χ0n) is 29.1. The molecule has 22 heteroatoms. The number of hydrogen-bond acceptors (Lipinski definition) is 20. The second-order valence-corrected chi connectivity index (χ2v) is 13.3. The van der Waals surface area contributed by atoms with Crippen LogP contribution in [0.5, 0.6) is 0 Å². The first-order chi connectivity index (χ1) is 24.3. The molecule has 0 aromatic rings. The molecular weight excluding hydrogens is 708 g/mol. The number of hydrogen-bond donors (Lipinski definition) is 14. The van der Waals surface area contributed by atoms with Crippen molar-refractivity contribution in [1.82, 2.24) is 10.6 Å². The van der Waals surface area contributed by atoms with Crippen molar-refractivity contribution in [1.29, 1.82) is 0 Å². The first-order valence-corrected chi connectivity index (χ1v) is 16.7. The van der Waals surface area contributed by atoms with E-state index in [-0.39, 0.29) is 0 Å². The van der Waals surface area contributed by atoms with Gasteiger partial charge < -0.3 is 100 Å².